The maximum absolute atomic E-state index is 5.31. The van der Waals surface area contributed by atoms with Crippen LogP contribution < -0.4 is 5.32 Å². The van der Waals surface area contributed by atoms with E-state index in [1.54, 1.807) is 0 Å². The van der Waals surface area contributed by atoms with Crippen LogP contribution in [0.2, 0.25) is 0 Å². The van der Waals surface area contributed by atoms with Gasteiger partial charge in [-0.15, -0.1) is 0 Å². The number of ether oxygens (including phenoxy) is 1. The second-order valence-electron chi connectivity index (χ2n) is 4.64. The third kappa shape index (κ3) is 9.57. The van der Waals surface area contributed by atoms with E-state index in [0.717, 1.165) is 32.7 Å². The number of hydrogen-bond donors (Lipinski definition) is 1. The van der Waals surface area contributed by atoms with Crippen LogP contribution in [-0.2, 0) is 4.74 Å². The second kappa shape index (κ2) is 12.3. The second-order valence-corrected chi connectivity index (χ2v) is 4.64. The van der Waals surface area contributed by atoms with E-state index in [-0.39, 0.29) is 0 Å². The summed E-state index contributed by atoms with van der Waals surface area (Å²) in [5.74, 6) is 0. The summed E-state index contributed by atoms with van der Waals surface area (Å²) in [6.07, 6.45) is 3.60. The van der Waals surface area contributed by atoms with Gasteiger partial charge in [0.2, 0.25) is 0 Å². The average molecular weight is 244 g/mol. The molecule has 0 radical (unpaired) electrons. The van der Waals surface area contributed by atoms with Gasteiger partial charge in [0.15, 0.2) is 0 Å². The highest BCUT2D eigenvalue weighted by molar-refractivity contribution is 4.69. The molecule has 0 saturated heterocycles. The van der Waals surface area contributed by atoms with Crippen LogP contribution >= 0.6 is 0 Å². The third-order valence-electron chi connectivity index (χ3n) is 2.93. The molecular weight excluding hydrogens is 212 g/mol. The molecule has 17 heavy (non-hydrogen) atoms. The highest BCUT2D eigenvalue weighted by Crippen LogP contribution is 2.01. The van der Waals surface area contributed by atoms with Crippen LogP contribution in [0.5, 0.6) is 0 Å². The number of hydrogen-bond acceptors (Lipinski definition) is 3. The van der Waals surface area contributed by atoms with Crippen LogP contribution in [0.4, 0.5) is 0 Å². The van der Waals surface area contributed by atoms with Crippen molar-refractivity contribution in [2.24, 2.45) is 0 Å². The van der Waals surface area contributed by atoms with Crippen LogP contribution in [0.3, 0.4) is 0 Å². The summed E-state index contributed by atoms with van der Waals surface area (Å²) in [5, 5.41) is 3.52. The fourth-order valence-electron chi connectivity index (χ4n) is 2.01. The fraction of sp³-hybridized carbons (Fsp3) is 1.00. The average Bonchev–Trinajstić information content (AvgIpc) is 2.33. The number of nitrogens with zero attached hydrogens (tertiary/aromatic N) is 1. The Labute approximate surface area is 108 Å². The lowest BCUT2D eigenvalue weighted by Crippen LogP contribution is -2.41. The van der Waals surface area contributed by atoms with Crippen molar-refractivity contribution in [3.05, 3.63) is 0 Å². The molecule has 0 aliphatic carbocycles. The molecule has 0 aliphatic rings. The van der Waals surface area contributed by atoms with Crippen molar-refractivity contribution in [2.75, 3.05) is 39.4 Å². The third-order valence-corrected chi connectivity index (χ3v) is 2.93. The summed E-state index contributed by atoms with van der Waals surface area (Å²) in [6.45, 7) is 15.2. The predicted molar refractivity (Wildman–Crippen MR) is 75.6 cm³/mol. The summed E-state index contributed by atoms with van der Waals surface area (Å²) < 4.78 is 5.31. The van der Waals surface area contributed by atoms with E-state index in [1.165, 1.54) is 25.9 Å². The summed E-state index contributed by atoms with van der Waals surface area (Å²) >= 11 is 0. The van der Waals surface area contributed by atoms with Gasteiger partial charge in [-0.25, -0.2) is 0 Å². The maximum Gasteiger partial charge on any atom is 0.0477 e. The van der Waals surface area contributed by atoms with Gasteiger partial charge in [0.1, 0.15) is 0 Å². The van der Waals surface area contributed by atoms with Gasteiger partial charge in [-0.3, -0.25) is 4.90 Å². The summed E-state index contributed by atoms with van der Waals surface area (Å²) in [7, 11) is 0. The van der Waals surface area contributed by atoms with Crippen LogP contribution in [-0.4, -0.2) is 50.3 Å². The van der Waals surface area contributed by atoms with Crippen LogP contribution in [0.25, 0.3) is 0 Å². The molecule has 0 bridgehead atoms. The zero-order chi connectivity index (χ0) is 12.9. The molecule has 104 valence electrons. The van der Waals surface area contributed by atoms with E-state index in [0.29, 0.717) is 6.04 Å². The van der Waals surface area contributed by atoms with Crippen molar-refractivity contribution < 1.29 is 4.74 Å². The topological polar surface area (TPSA) is 24.5 Å². The monoisotopic (exact) mass is 244 g/mol. The Bertz CT molecular complexity index is 147. The lowest BCUT2D eigenvalue weighted by molar-refractivity contribution is 0.143. The Hall–Kier alpha value is -0.120. The predicted octanol–water partition coefficient (Wildman–Crippen LogP) is 2.51. The fourth-order valence-corrected chi connectivity index (χ4v) is 2.01. The van der Waals surface area contributed by atoms with E-state index in [2.05, 4.69) is 31.0 Å². The van der Waals surface area contributed by atoms with Crippen molar-refractivity contribution in [3.63, 3.8) is 0 Å². The maximum atomic E-state index is 5.31. The molecule has 0 aromatic heterocycles. The van der Waals surface area contributed by atoms with E-state index >= 15 is 0 Å². The van der Waals surface area contributed by atoms with E-state index in [1.807, 2.05) is 6.92 Å². The molecule has 0 aliphatic heterocycles. The minimum Gasteiger partial charge on any atom is -0.382 e. The van der Waals surface area contributed by atoms with Gasteiger partial charge in [-0.2, -0.15) is 0 Å². The van der Waals surface area contributed by atoms with Crippen LogP contribution in [0.15, 0.2) is 0 Å². The molecule has 0 fully saturated rings. The molecule has 0 spiro atoms. The van der Waals surface area contributed by atoms with Crippen molar-refractivity contribution in [1.82, 2.24) is 10.2 Å². The molecule has 0 aromatic rings. The standard InChI is InChI=1S/C14H32N2O/c1-5-10-16(11-6-2)14(4)13-15-9-8-12-17-7-3/h14-15H,5-13H2,1-4H3. The van der Waals surface area contributed by atoms with Gasteiger partial charge < -0.3 is 10.1 Å². The van der Waals surface area contributed by atoms with Crippen molar-refractivity contribution in [3.8, 4) is 0 Å². The molecule has 0 aromatic carbocycles. The van der Waals surface area contributed by atoms with Crippen molar-refractivity contribution in [2.45, 2.75) is 53.0 Å². The molecular formula is C14H32N2O. The zero-order valence-corrected chi connectivity index (χ0v) is 12.3. The van der Waals surface area contributed by atoms with E-state index in [4.69, 9.17) is 4.74 Å². The largest absolute Gasteiger partial charge is 0.382 e. The van der Waals surface area contributed by atoms with Gasteiger partial charge in [0.05, 0.1) is 0 Å². The van der Waals surface area contributed by atoms with Crippen LogP contribution in [0.1, 0.15) is 47.0 Å². The minimum atomic E-state index is 0.641. The molecule has 3 heteroatoms. The van der Waals surface area contributed by atoms with E-state index < -0.39 is 0 Å². The SMILES string of the molecule is CCCN(CCC)C(C)CNCCCOCC. The summed E-state index contributed by atoms with van der Waals surface area (Å²) in [6, 6.07) is 0.641. The van der Waals surface area contributed by atoms with Gasteiger partial charge in [-0.05, 0) is 52.7 Å². The van der Waals surface area contributed by atoms with Gasteiger partial charge in [-0.1, -0.05) is 13.8 Å². The highest BCUT2D eigenvalue weighted by atomic mass is 16.5. The first-order valence-corrected chi connectivity index (χ1v) is 7.28. The van der Waals surface area contributed by atoms with Gasteiger partial charge >= 0.3 is 0 Å². The molecule has 1 N–H and O–H groups in total. The number of nitrogens with one attached hydrogen (secondary N) is 1. The Morgan fingerprint density at radius 2 is 1.76 bits per heavy atom. The van der Waals surface area contributed by atoms with Gasteiger partial charge in [0, 0.05) is 25.8 Å². The first-order valence-electron chi connectivity index (χ1n) is 7.28. The van der Waals surface area contributed by atoms with Crippen LogP contribution in [0, 0.1) is 0 Å². The number of rotatable bonds is 12. The molecule has 3 nitrogen and oxygen atoms in total. The molecule has 0 rings (SSSR count). The molecule has 0 amide bonds. The molecule has 1 unspecified atom stereocenters. The molecule has 0 heterocycles. The Balaban J connectivity index is 3.55. The Morgan fingerprint density at radius 1 is 1.12 bits per heavy atom. The molecule has 0 saturated carbocycles. The summed E-state index contributed by atoms with van der Waals surface area (Å²) in [4.78, 5) is 2.58. The molecule has 1 atom stereocenters. The van der Waals surface area contributed by atoms with E-state index in [9.17, 15) is 0 Å². The highest BCUT2D eigenvalue weighted by Gasteiger charge is 2.10. The quantitative estimate of drug-likeness (QED) is 0.534. The zero-order valence-electron chi connectivity index (χ0n) is 12.3. The lowest BCUT2D eigenvalue weighted by Gasteiger charge is -2.28. The van der Waals surface area contributed by atoms with Gasteiger partial charge in [0.25, 0.3) is 0 Å². The normalized spacial score (nSPS) is 13.2. The first kappa shape index (κ1) is 16.9. The Kier molecular flexibility index (Phi) is 12.3. The van der Waals surface area contributed by atoms with Crippen molar-refractivity contribution in [1.29, 1.82) is 0 Å². The minimum absolute atomic E-state index is 0.641. The van der Waals surface area contributed by atoms with Crippen molar-refractivity contribution >= 4 is 0 Å². The summed E-state index contributed by atoms with van der Waals surface area (Å²) in [5.41, 5.74) is 0. The first-order chi connectivity index (χ1) is 8.26. The Morgan fingerprint density at radius 3 is 2.29 bits per heavy atom. The smallest absolute Gasteiger partial charge is 0.0477 e. The lowest BCUT2D eigenvalue weighted by atomic mass is 10.2.